The first kappa shape index (κ1) is 20.3. The lowest BCUT2D eigenvalue weighted by Gasteiger charge is -2.25. The first-order chi connectivity index (χ1) is 13.0. The van der Waals surface area contributed by atoms with Gasteiger partial charge in [-0.1, -0.05) is 36.4 Å². The molecule has 0 atom stereocenters. The van der Waals surface area contributed by atoms with Gasteiger partial charge in [0.25, 0.3) is 0 Å². The molecule has 2 aromatic carbocycles. The van der Waals surface area contributed by atoms with E-state index in [2.05, 4.69) is 0 Å². The largest absolute Gasteiger partial charge is 0.489 e. The van der Waals surface area contributed by atoms with Crippen LogP contribution in [-0.2, 0) is 16.2 Å². The average Bonchev–Trinajstić information content (AvgIpc) is 2.66. The summed E-state index contributed by atoms with van der Waals surface area (Å²) in [6.07, 6.45) is 1.16. The summed E-state index contributed by atoms with van der Waals surface area (Å²) < 4.78 is 5.85. The van der Waals surface area contributed by atoms with Crippen LogP contribution in [-0.4, -0.2) is 35.2 Å². The Morgan fingerprint density at radius 3 is 2.07 bits per heavy atom. The second kappa shape index (κ2) is 10.9. The van der Waals surface area contributed by atoms with Crippen LogP contribution in [0.2, 0.25) is 0 Å². The summed E-state index contributed by atoms with van der Waals surface area (Å²) in [5.41, 5.74) is 1.97. The van der Waals surface area contributed by atoms with Crippen molar-refractivity contribution in [2.75, 3.05) is 18.0 Å². The summed E-state index contributed by atoms with van der Waals surface area (Å²) in [6, 6.07) is 17.5. The maximum Gasteiger partial charge on any atom is 0.303 e. The summed E-state index contributed by atoms with van der Waals surface area (Å²) >= 11 is 0. The number of benzene rings is 2. The van der Waals surface area contributed by atoms with Crippen molar-refractivity contribution in [1.29, 1.82) is 0 Å². The Labute approximate surface area is 159 Å². The highest BCUT2D eigenvalue weighted by Crippen LogP contribution is 2.23. The van der Waals surface area contributed by atoms with Crippen molar-refractivity contribution in [1.82, 2.24) is 0 Å². The van der Waals surface area contributed by atoms with Crippen LogP contribution in [0.25, 0.3) is 0 Å². The van der Waals surface area contributed by atoms with Gasteiger partial charge in [0.05, 0.1) is 0 Å². The molecule has 0 aliphatic heterocycles. The predicted molar refractivity (Wildman–Crippen MR) is 103 cm³/mol. The highest BCUT2D eigenvalue weighted by atomic mass is 16.5. The molecule has 0 spiro atoms. The maximum absolute atomic E-state index is 10.8. The summed E-state index contributed by atoms with van der Waals surface area (Å²) in [7, 11) is 0. The van der Waals surface area contributed by atoms with Gasteiger partial charge >= 0.3 is 11.9 Å². The minimum absolute atomic E-state index is 0.0830. The fourth-order valence-corrected chi connectivity index (χ4v) is 2.72. The number of carbonyl (C=O) groups is 2. The van der Waals surface area contributed by atoms with Gasteiger partial charge in [-0.25, -0.2) is 0 Å². The summed E-state index contributed by atoms with van der Waals surface area (Å²) in [5, 5.41) is 17.7. The van der Waals surface area contributed by atoms with Crippen LogP contribution in [0.1, 0.15) is 31.2 Å². The summed E-state index contributed by atoms with van der Waals surface area (Å²) in [4.78, 5) is 23.6. The zero-order valence-corrected chi connectivity index (χ0v) is 15.2. The number of carboxylic acids is 2. The van der Waals surface area contributed by atoms with Crippen molar-refractivity contribution in [3.05, 3.63) is 60.2 Å². The third-order valence-corrected chi connectivity index (χ3v) is 4.07. The molecule has 27 heavy (non-hydrogen) atoms. The Morgan fingerprint density at radius 1 is 0.852 bits per heavy atom. The number of ether oxygens (including phenoxy) is 1. The second-order valence-electron chi connectivity index (χ2n) is 6.25. The van der Waals surface area contributed by atoms with Crippen LogP contribution >= 0.6 is 0 Å². The molecule has 2 N–H and O–H groups in total. The Morgan fingerprint density at radius 2 is 1.48 bits per heavy atom. The fourth-order valence-electron chi connectivity index (χ4n) is 2.72. The van der Waals surface area contributed by atoms with Gasteiger partial charge in [0, 0.05) is 37.7 Å². The number of hydrogen-bond donors (Lipinski definition) is 2. The molecule has 0 unspecified atom stereocenters. The Bertz CT molecular complexity index is 712. The normalized spacial score (nSPS) is 10.4. The predicted octanol–water partition coefficient (Wildman–Crippen LogP) is 3.80. The minimum atomic E-state index is -0.833. The van der Waals surface area contributed by atoms with Crippen LogP contribution < -0.4 is 9.64 Å². The van der Waals surface area contributed by atoms with E-state index < -0.39 is 11.9 Å². The van der Waals surface area contributed by atoms with Crippen molar-refractivity contribution in [3.8, 4) is 5.75 Å². The molecule has 0 heterocycles. The number of hydrogen-bond acceptors (Lipinski definition) is 4. The Hall–Kier alpha value is -3.02. The number of anilines is 1. The third-order valence-electron chi connectivity index (χ3n) is 4.07. The molecule has 0 aromatic heterocycles. The average molecular weight is 371 g/mol. The molecule has 0 fully saturated rings. The summed E-state index contributed by atoms with van der Waals surface area (Å²) in [6.45, 7) is 1.56. The lowest BCUT2D eigenvalue weighted by Crippen LogP contribution is -2.26. The van der Waals surface area contributed by atoms with Gasteiger partial charge in [-0.15, -0.1) is 0 Å². The quantitative estimate of drug-likeness (QED) is 0.590. The van der Waals surface area contributed by atoms with E-state index in [0.717, 1.165) is 17.0 Å². The second-order valence-corrected chi connectivity index (χ2v) is 6.25. The number of nitrogens with zero attached hydrogens (tertiary/aromatic N) is 1. The monoisotopic (exact) mass is 371 g/mol. The molecule has 0 amide bonds. The van der Waals surface area contributed by atoms with E-state index in [1.165, 1.54) is 0 Å². The highest BCUT2D eigenvalue weighted by Gasteiger charge is 2.10. The van der Waals surface area contributed by atoms with Gasteiger partial charge < -0.3 is 19.8 Å². The summed E-state index contributed by atoms with van der Waals surface area (Å²) in [5.74, 6) is -0.946. The molecule has 0 saturated heterocycles. The molecule has 0 aliphatic carbocycles. The lowest BCUT2D eigenvalue weighted by molar-refractivity contribution is -0.138. The fraction of sp³-hybridized carbons (Fsp3) is 0.333. The van der Waals surface area contributed by atoms with Gasteiger partial charge in [-0.3, -0.25) is 9.59 Å². The number of carboxylic acid groups (broad SMARTS) is 2. The highest BCUT2D eigenvalue weighted by molar-refractivity contribution is 5.67. The maximum atomic E-state index is 10.8. The first-order valence-electron chi connectivity index (χ1n) is 9.00. The molecule has 0 saturated carbocycles. The van der Waals surface area contributed by atoms with Crippen LogP contribution in [0, 0.1) is 0 Å². The molecular weight excluding hydrogens is 346 g/mol. The van der Waals surface area contributed by atoms with Gasteiger partial charge in [-0.05, 0) is 30.5 Å². The van der Waals surface area contributed by atoms with Crippen LogP contribution in [0.5, 0.6) is 5.75 Å². The Balaban J connectivity index is 2.01. The lowest BCUT2D eigenvalue weighted by atomic mass is 10.2. The molecule has 2 aromatic rings. The van der Waals surface area contributed by atoms with E-state index in [-0.39, 0.29) is 12.8 Å². The minimum Gasteiger partial charge on any atom is -0.489 e. The van der Waals surface area contributed by atoms with Gasteiger partial charge in [0.2, 0.25) is 0 Å². The van der Waals surface area contributed by atoms with Crippen molar-refractivity contribution < 1.29 is 24.5 Å². The topological polar surface area (TPSA) is 87.1 Å². The molecule has 2 rings (SSSR count). The molecule has 6 nitrogen and oxygen atoms in total. The van der Waals surface area contributed by atoms with Crippen molar-refractivity contribution in [2.24, 2.45) is 0 Å². The van der Waals surface area contributed by atoms with Crippen LogP contribution in [0.4, 0.5) is 5.69 Å². The standard InChI is InChI=1S/C21H25NO5/c23-20(24)11-5-13-22(14-6-12-21(25)26)18-9-4-10-19(15-18)27-16-17-7-2-1-3-8-17/h1-4,7-10,15H,5-6,11-14,16H2,(H,23,24)(H,25,26). The van der Waals surface area contributed by atoms with Crippen LogP contribution in [0.15, 0.2) is 54.6 Å². The third kappa shape index (κ3) is 7.81. The van der Waals surface area contributed by atoms with E-state index in [0.29, 0.717) is 32.5 Å². The molecule has 144 valence electrons. The Kier molecular flexibility index (Phi) is 8.16. The molecule has 0 aliphatic rings. The van der Waals surface area contributed by atoms with Gasteiger partial charge in [0.15, 0.2) is 0 Å². The molecule has 0 radical (unpaired) electrons. The zero-order valence-electron chi connectivity index (χ0n) is 15.2. The van der Waals surface area contributed by atoms with E-state index in [9.17, 15) is 9.59 Å². The van der Waals surface area contributed by atoms with Crippen LogP contribution in [0.3, 0.4) is 0 Å². The zero-order chi connectivity index (χ0) is 19.5. The van der Waals surface area contributed by atoms with E-state index in [1.54, 1.807) is 0 Å². The van der Waals surface area contributed by atoms with Crippen molar-refractivity contribution in [3.63, 3.8) is 0 Å². The van der Waals surface area contributed by atoms with Crippen molar-refractivity contribution >= 4 is 17.6 Å². The smallest absolute Gasteiger partial charge is 0.303 e. The van der Waals surface area contributed by atoms with Crippen molar-refractivity contribution in [2.45, 2.75) is 32.3 Å². The molecular formula is C21H25NO5. The number of rotatable bonds is 12. The molecule has 6 heteroatoms. The van der Waals surface area contributed by atoms with Gasteiger partial charge in [0.1, 0.15) is 12.4 Å². The van der Waals surface area contributed by atoms with E-state index in [1.807, 2.05) is 59.5 Å². The molecule has 0 bridgehead atoms. The van der Waals surface area contributed by atoms with E-state index in [4.69, 9.17) is 14.9 Å². The number of aliphatic carboxylic acids is 2. The first-order valence-corrected chi connectivity index (χ1v) is 9.00. The van der Waals surface area contributed by atoms with E-state index >= 15 is 0 Å². The SMILES string of the molecule is O=C(O)CCCN(CCCC(=O)O)c1cccc(OCc2ccccc2)c1. The van der Waals surface area contributed by atoms with Gasteiger partial charge in [-0.2, -0.15) is 0 Å².